The Labute approximate surface area is 126 Å². The van der Waals surface area contributed by atoms with Gasteiger partial charge in [0.25, 0.3) is 0 Å². The number of aromatic nitrogens is 1. The molecule has 1 aromatic rings. The van der Waals surface area contributed by atoms with Crippen LogP contribution >= 0.6 is 0 Å². The monoisotopic (exact) mass is 291 g/mol. The summed E-state index contributed by atoms with van der Waals surface area (Å²) in [6.07, 6.45) is 5.04. The molecular weight excluding hydrogens is 266 g/mol. The van der Waals surface area contributed by atoms with Crippen molar-refractivity contribution in [2.45, 2.75) is 38.7 Å². The molecule has 0 amide bonds. The minimum absolute atomic E-state index is 0.394. The number of ether oxygens (including phenoxy) is 2. The first-order chi connectivity index (χ1) is 10.3. The lowest BCUT2D eigenvalue weighted by molar-refractivity contribution is 0.0458. The molecule has 1 saturated carbocycles. The molecule has 2 N–H and O–H groups in total. The zero-order valence-corrected chi connectivity index (χ0v) is 12.8. The molecule has 5 nitrogen and oxygen atoms in total. The van der Waals surface area contributed by atoms with Crippen molar-refractivity contribution in [2.75, 3.05) is 36.9 Å². The van der Waals surface area contributed by atoms with Gasteiger partial charge in [-0.05, 0) is 50.7 Å². The van der Waals surface area contributed by atoms with Crippen LogP contribution in [0.2, 0.25) is 0 Å². The largest absolute Gasteiger partial charge is 0.476 e. The number of piperidine rings is 1. The SMILES string of the molecule is CCOC1CCN(c2ccc(N)c(OCC3CC3)n2)CC1. The van der Waals surface area contributed by atoms with Gasteiger partial charge in [-0.1, -0.05) is 0 Å². The smallest absolute Gasteiger partial charge is 0.239 e. The summed E-state index contributed by atoms with van der Waals surface area (Å²) >= 11 is 0. The molecule has 1 saturated heterocycles. The summed E-state index contributed by atoms with van der Waals surface area (Å²) < 4.78 is 11.5. The molecule has 2 fully saturated rings. The summed E-state index contributed by atoms with van der Waals surface area (Å²) in [6, 6.07) is 3.89. The van der Waals surface area contributed by atoms with E-state index in [9.17, 15) is 0 Å². The summed E-state index contributed by atoms with van der Waals surface area (Å²) in [6.45, 7) is 5.54. The van der Waals surface area contributed by atoms with Crippen LogP contribution in [-0.2, 0) is 4.74 Å². The van der Waals surface area contributed by atoms with E-state index < -0.39 is 0 Å². The van der Waals surface area contributed by atoms with Crippen molar-refractivity contribution in [1.29, 1.82) is 0 Å². The Morgan fingerprint density at radius 3 is 2.67 bits per heavy atom. The van der Waals surface area contributed by atoms with Gasteiger partial charge in [0.1, 0.15) is 5.82 Å². The third-order valence-electron chi connectivity index (χ3n) is 4.20. The van der Waals surface area contributed by atoms with Crippen LogP contribution < -0.4 is 15.4 Å². The highest BCUT2D eigenvalue weighted by molar-refractivity contribution is 5.54. The van der Waals surface area contributed by atoms with E-state index in [0.717, 1.165) is 45.0 Å². The molecule has 0 atom stereocenters. The molecule has 2 aliphatic rings. The molecule has 2 heterocycles. The van der Waals surface area contributed by atoms with Crippen molar-refractivity contribution >= 4 is 11.5 Å². The van der Waals surface area contributed by atoms with Crippen molar-refractivity contribution in [3.63, 3.8) is 0 Å². The van der Waals surface area contributed by atoms with Gasteiger partial charge in [0.05, 0.1) is 18.4 Å². The summed E-state index contributed by atoms with van der Waals surface area (Å²) in [7, 11) is 0. The number of nitrogen functional groups attached to an aromatic ring is 1. The van der Waals surface area contributed by atoms with Gasteiger partial charge in [0.15, 0.2) is 0 Å². The molecule has 1 aliphatic carbocycles. The lowest BCUT2D eigenvalue weighted by Crippen LogP contribution is -2.37. The van der Waals surface area contributed by atoms with E-state index in [-0.39, 0.29) is 0 Å². The Kier molecular flexibility index (Phi) is 4.48. The second kappa shape index (κ2) is 6.52. The summed E-state index contributed by atoms with van der Waals surface area (Å²) in [5, 5.41) is 0. The molecule has 1 aromatic heterocycles. The van der Waals surface area contributed by atoms with Gasteiger partial charge >= 0.3 is 0 Å². The van der Waals surface area contributed by atoms with Crippen molar-refractivity contribution in [2.24, 2.45) is 5.92 Å². The van der Waals surface area contributed by atoms with E-state index in [0.29, 0.717) is 23.6 Å². The van der Waals surface area contributed by atoms with Crippen LogP contribution in [0.15, 0.2) is 12.1 Å². The van der Waals surface area contributed by atoms with Crippen molar-refractivity contribution in [1.82, 2.24) is 4.98 Å². The van der Waals surface area contributed by atoms with Gasteiger partial charge in [0, 0.05) is 19.7 Å². The predicted molar refractivity (Wildman–Crippen MR) is 83.7 cm³/mol. The van der Waals surface area contributed by atoms with Gasteiger partial charge in [-0.15, -0.1) is 0 Å². The average molecular weight is 291 g/mol. The standard InChI is InChI=1S/C16H25N3O2/c1-2-20-13-7-9-19(10-8-13)15-6-5-14(17)16(18-15)21-11-12-3-4-12/h5-6,12-13H,2-4,7-11,17H2,1H3. The van der Waals surface area contributed by atoms with E-state index in [1.54, 1.807) is 0 Å². The topological polar surface area (TPSA) is 60.6 Å². The van der Waals surface area contributed by atoms with E-state index in [1.807, 2.05) is 12.1 Å². The van der Waals surface area contributed by atoms with Crippen molar-refractivity contribution < 1.29 is 9.47 Å². The van der Waals surface area contributed by atoms with Crippen LogP contribution in [0, 0.1) is 5.92 Å². The fourth-order valence-corrected chi connectivity index (χ4v) is 2.70. The molecule has 0 bridgehead atoms. The van der Waals surface area contributed by atoms with Gasteiger partial charge in [-0.25, -0.2) is 0 Å². The Morgan fingerprint density at radius 1 is 1.24 bits per heavy atom. The van der Waals surface area contributed by atoms with E-state index >= 15 is 0 Å². The Balaban J connectivity index is 1.60. The maximum Gasteiger partial charge on any atom is 0.239 e. The number of hydrogen-bond acceptors (Lipinski definition) is 5. The molecule has 3 rings (SSSR count). The number of nitrogens with two attached hydrogens (primary N) is 1. The maximum absolute atomic E-state index is 5.96. The Hall–Kier alpha value is -1.49. The Bertz CT molecular complexity index is 469. The molecule has 0 radical (unpaired) electrons. The fraction of sp³-hybridized carbons (Fsp3) is 0.688. The predicted octanol–water partition coefficient (Wildman–Crippen LogP) is 2.46. The maximum atomic E-state index is 5.96. The molecule has 0 aromatic carbocycles. The summed E-state index contributed by atoms with van der Waals surface area (Å²) in [5.41, 5.74) is 6.59. The third-order valence-corrected chi connectivity index (χ3v) is 4.20. The highest BCUT2D eigenvalue weighted by Crippen LogP contribution is 2.31. The van der Waals surface area contributed by atoms with Crippen LogP contribution in [0.25, 0.3) is 0 Å². The average Bonchev–Trinajstić information content (AvgIpc) is 3.32. The van der Waals surface area contributed by atoms with Crippen LogP contribution in [0.4, 0.5) is 11.5 Å². The molecule has 116 valence electrons. The molecule has 21 heavy (non-hydrogen) atoms. The first-order valence-corrected chi connectivity index (χ1v) is 8.02. The lowest BCUT2D eigenvalue weighted by atomic mass is 10.1. The molecule has 0 unspecified atom stereocenters. The molecular formula is C16H25N3O2. The number of nitrogens with zero attached hydrogens (tertiary/aromatic N) is 2. The number of rotatable bonds is 6. The molecule has 5 heteroatoms. The van der Waals surface area contributed by atoms with Gasteiger partial charge in [-0.2, -0.15) is 4.98 Å². The van der Waals surface area contributed by atoms with Gasteiger partial charge in [0.2, 0.25) is 5.88 Å². The van der Waals surface area contributed by atoms with E-state index in [4.69, 9.17) is 15.2 Å². The summed E-state index contributed by atoms with van der Waals surface area (Å²) in [5.74, 6) is 2.26. The normalized spacial score (nSPS) is 19.8. The van der Waals surface area contributed by atoms with Crippen LogP contribution in [0.1, 0.15) is 32.6 Å². The lowest BCUT2D eigenvalue weighted by Gasteiger charge is -2.32. The first kappa shape index (κ1) is 14.4. The van der Waals surface area contributed by atoms with Crippen LogP contribution in [0.3, 0.4) is 0 Å². The van der Waals surface area contributed by atoms with Crippen LogP contribution in [-0.4, -0.2) is 37.4 Å². The first-order valence-electron chi connectivity index (χ1n) is 8.02. The number of anilines is 2. The van der Waals surface area contributed by atoms with Crippen LogP contribution in [0.5, 0.6) is 5.88 Å². The van der Waals surface area contributed by atoms with Crippen molar-refractivity contribution in [3.05, 3.63) is 12.1 Å². The van der Waals surface area contributed by atoms with Gasteiger partial charge < -0.3 is 20.1 Å². The highest BCUT2D eigenvalue weighted by atomic mass is 16.5. The van der Waals surface area contributed by atoms with E-state index in [2.05, 4.69) is 16.8 Å². The van der Waals surface area contributed by atoms with Gasteiger partial charge in [-0.3, -0.25) is 0 Å². The van der Waals surface area contributed by atoms with Crippen molar-refractivity contribution in [3.8, 4) is 5.88 Å². The zero-order valence-electron chi connectivity index (χ0n) is 12.8. The van der Waals surface area contributed by atoms with E-state index in [1.165, 1.54) is 12.8 Å². The Morgan fingerprint density at radius 2 is 2.00 bits per heavy atom. The number of hydrogen-bond donors (Lipinski definition) is 1. The minimum Gasteiger partial charge on any atom is -0.476 e. The molecule has 1 aliphatic heterocycles. The summed E-state index contributed by atoms with van der Waals surface area (Å²) in [4.78, 5) is 6.90. The second-order valence-electron chi connectivity index (χ2n) is 5.96. The molecule has 0 spiro atoms. The third kappa shape index (κ3) is 3.79. The quantitative estimate of drug-likeness (QED) is 0.872. The highest BCUT2D eigenvalue weighted by Gasteiger charge is 2.24. The second-order valence-corrected chi connectivity index (χ2v) is 5.96. The fourth-order valence-electron chi connectivity index (χ4n) is 2.70. The minimum atomic E-state index is 0.394. The number of pyridine rings is 1. The zero-order chi connectivity index (χ0) is 14.7.